The minimum absolute atomic E-state index is 0.0267. The highest BCUT2D eigenvalue weighted by molar-refractivity contribution is 6.31. The van der Waals surface area contributed by atoms with Crippen LogP contribution >= 0.6 is 11.6 Å². The number of aryl methyl sites for hydroxylation is 1. The molecule has 0 unspecified atom stereocenters. The molecular weight excluding hydrogens is 295 g/mol. The number of anilines is 1. The number of rotatable bonds is 2. The Labute approximate surface area is 124 Å². The lowest BCUT2D eigenvalue weighted by atomic mass is 10.2. The molecule has 0 saturated heterocycles. The monoisotopic (exact) mass is 304 g/mol. The van der Waals surface area contributed by atoms with Crippen LogP contribution in [0.25, 0.3) is 11.0 Å². The zero-order valence-electron chi connectivity index (χ0n) is 11.0. The molecule has 0 bridgehead atoms. The second-order valence-electron chi connectivity index (χ2n) is 4.46. The highest BCUT2D eigenvalue weighted by Crippen LogP contribution is 2.22. The number of aromatic nitrogens is 3. The van der Waals surface area contributed by atoms with Crippen molar-refractivity contribution in [3.8, 4) is 0 Å². The van der Waals surface area contributed by atoms with Crippen LogP contribution in [-0.2, 0) is 7.05 Å². The van der Waals surface area contributed by atoms with Gasteiger partial charge >= 0.3 is 0 Å². The van der Waals surface area contributed by atoms with Crippen molar-refractivity contribution in [2.24, 2.45) is 7.05 Å². The average Bonchev–Trinajstić information content (AvgIpc) is 2.85. The van der Waals surface area contributed by atoms with E-state index in [0.29, 0.717) is 11.2 Å². The van der Waals surface area contributed by atoms with Crippen LogP contribution in [0.4, 0.5) is 10.1 Å². The second kappa shape index (κ2) is 5.14. The zero-order chi connectivity index (χ0) is 15.0. The topological polar surface area (TPSA) is 59.8 Å². The first-order valence-electron chi connectivity index (χ1n) is 6.09. The van der Waals surface area contributed by atoms with E-state index in [2.05, 4.69) is 15.4 Å². The first-order chi connectivity index (χ1) is 10.1. The van der Waals surface area contributed by atoms with E-state index in [1.807, 2.05) is 0 Å². The van der Waals surface area contributed by atoms with Gasteiger partial charge in [-0.05, 0) is 18.2 Å². The quantitative estimate of drug-likeness (QED) is 0.791. The van der Waals surface area contributed by atoms with Crippen molar-refractivity contribution >= 4 is 34.2 Å². The molecule has 0 spiro atoms. The predicted octanol–water partition coefficient (Wildman–Crippen LogP) is 3.01. The Hall–Kier alpha value is -2.47. The van der Waals surface area contributed by atoms with Crippen LogP contribution < -0.4 is 5.32 Å². The standard InChI is InChI=1S/C14H10ClFN4O/c1-20-13-8(7-18-20)5-9(6-17-13)14(21)19-11-4-2-3-10(15)12(11)16/h2-7H,1H3,(H,19,21). The maximum atomic E-state index is 13.8. The molecule has 0 aliphatic rings. The van der Waals surface area contributed by atoms with Crippen molar-refractivity contribution in [2.45, 2.75) is 0 Å². The summed E-state index contributed by atoms with van der Waals surface area (Å²) in [5, 5.41) is 7.21. The molecule has 0 radical (unpaired) electrons. The lowest BCUT2D eigenvalue weighted by molar-refractivity contribution is 0.102. The van der Waals surface area contributed by atoms with Gasteiger partial charge in [0.25, 0.3) is 5.91 Å². The number of carbonyl (C=O) groups excluding carboxylic acids is 1. The summed E-state index contributed by atoms with van der Waals surface area (Å²) in [6.45, 7) is 0. The van der Waals surface area contributed by atoms with Gasteiger partial charge in [0.05, 0.1) is 22.5 Å². The summed E-state index contributed by atoms with van der Waals surface area (Å²) < 4.78 is 15.4. The van der Waals surface area contributed by atoms with Crippen LogP contribution in [0.2, 0.25) is 5.02 Å². The lowest BCUT2D eigenvalue weighted by Crippen LogP contribution is -2.13. The summed E-state index contributed by atoms with van der Waals surface area (Å²) in [7, 11) is 1.76. The minimum Gasteiger partial charge on any atom is -0.319 e. The molecule has 1 N–H and O–H groups in total. The van der Waals surface area contributed by atoms with E-state index in [0.717, 1.165) is 5.39 Å². The molecule has 3 aromatic rings. The largest absolute Gasteiger partial charge is 0.319 e. The third-order valence-electron chi connectivity index (χ3n) is 3.03. The molecular formula is C14H10ClFN4O. The number of pyridine rings is 1. The molecule has 21 heavy (non-hydrogen) atoms. The Balaban J connectivity index is 1.91. The third kappa shape index (κ3) is 2.45. The highest BCUT2D eigenvalue weighted by atomic mass is 35.5. The number of benzene rings is 1. The van der Waals surface area contributed by atoms with E-state index in [4.69, 9.17) is 11.6 Å². The van der Waals surface area contributed by atoms with Gasteiger partial charge in [-0.25, -0.2) is 9.37 Å². The summed E-state index contributed by atoms with van der Waals surface area (Å²) >= 11 is 5.67. The van der Waals surface area contributed by atoms with E-state index in [-0.39, 0.29) is 10.7 Å². The number of fused-ring (bicyclic) bond motifs is 1. The van der Waals surface area contributed by atoms with Crippen LogP contribution in [0.5, 0.6) is 0 Å². The van der Waals surface area contributed by atoms with Gasteiger partial charge in [-0.3, -0.25) is 9.48 Å². The Bertz CT molecular complexity index is 846. The molecule has 1 aromatic carbocycles. The number of amides is 1. The number of carbonyl (C=O) groups is 1. The van der Waals surface area contributed by atoms with Crippen molar-refractivity contribution in [3.63, 3.8) is 0 Å². The number of hydrogen-bond acceptors (Lipinski definition) is 3. The first kappa shape index (κ1) is 13.5. The molecule has 0 aliphatic heterocycles. The van der Waals surface area contributed by atoms with Crippen LogP contribution in [0.1, 0.15) is 10.4 Å². The van der Waals surface area contributed by atoms with Gasteiger partial charge in [-0.2, -0.15) is 5.10 Å². The van der Waals surface area contributed by atoms with Gasteiger partial charge in [0.1, 0.15) is 0 Å². The SMILES string of the molecule is Cn1ncc2cc(C(=O)Nc3cccc(Cl)c3F)cnc21. The lowest BCUT2D eigenvalue weighted by Gasteiger charge is -2.07. The Morgan fingerprint density at radius 1 is 1.38 bits per heavy atom. The highest BCUT2D eigenvalue weighted by Gasteiger charge is 2.13. The fraction of sp³-hybridized carbons (Fsp3) is 0.0714. The fourth-order valence-electron chi connectivity index (χ4n) is 1.96. The van der Waals surface area contributed by atoms with E-state index in [1.54, 1.807) is 30.1 Å². The summed E-state index contributed by atoms with van der Waals surface area (Å²) in [5.41, 5.74) is 1.01. The maximum Gasteiger partial charge on any atom is 0.257 e. The number of nitrogens with zero attached hydrogens (tertiary/aromatic N) is 3. The maximum absolute atomic E-state index is 13.8. The molecule has 106 valence electrons. The zero-order valence-corrected chi connectivity index (χ0v) is 11.7. The number of halogens is 2. The second-order valence-corrected chi connectivity index (χ2v) is 4.87. The van der Waals surface area contributed by atoms with Gasteiger partial charge in [0.2, 0.25) is 0 Å². The van der Waals surface area contributed by atoms with Crippen molar-refractivity contribution < 1.29 is 9.18 Å². The molecule has 0 atom stereocenters. The summed E-state index contributed by atoms with van der Waals surface area (Å²) in [6, 6.07) is 6.06. The van der Waals surface area contributed by atoms with Gasteiger partial charge in [-0.15, -0.1) is 0 Å². The van der Waals surface area contributed by atoms with Crippen molar-refractivity contribution in [2.75, 3.05) is 5.32 Å². The smallest absolute Gasteiger partial charge is 0.257 e. The van der Waals surface area contributed by atoms with E-state index in [1.165, 1.54) is 18.3 Å². The van der Waals surface area contributed by atoms with E-state index in [9.17, 15) is 9.18 Å². The first-order valence-corrected chi connectivity index (χ1v) is 6.47. The molecule has 3 rings (SSSR count). The van der Waals surface area contributed by atoms with Gasteiger partial charge in [0.15, 0.2) is 11.5 Å². The van der Waals surface area contributed by atoms with Crippen LogP contribution in [0, 0.1) is 5.82 Å². The van der Waals surface area contributed by atoms with Crippen molar-refractivity contribution in [1.82, 2.24) is 14.8 Å². The summed E-state index contributed by atoms with van der Waals surface area (Å²) in [5.74, 6) is -1.13. The van der Waals surface area contributed by atoms with Crippen LogP contribution in [-0.4, -0.2) is 20.7 Å². The average molecular weight is 305 g/mol. The van der Waals surface area contributed by atoms with Crippen LogP contribution in [0.15, 0.2) is 36.7 Å². The van der Waals surface area contributed by atoms with Gasteiger partial charge < -0.3 is 5.32 Å². The molecule has 7 heteroatoms. The Kier molecular flexibility index (Phi) is 3.31. The van der Waals surface area contributed by atoms with E-state index < -0.39 is 11.7 Å². The normalized spacial score (nSPS) is 10.8. The molecule has 2 heterocycles. The van der Waals surface area contributed by atoms with Crippen molar-refractivity contribution in [1.29, 1.82) is 0 Å². The molecule has 2 aromatic heterocycles. The van der Waals surface area contributed by atoms with Crippen LogP contribution in [0.3, 0.4) is 0 Å². The van der Waals surface area contributed by atoms with Gasteiger partial charge in [0, 0.05) is 18.6 Å². The summed E-state index contributed by atoms with van der Waals surface area (Å²) in [6.07, 6.45) is 3.03. The fourth-order valence-corrected chi connectivity index (χ4v) is 2.14. The third-order valence-corrected chi connectivity index (χ3v) is 3.33. The number of hydrogen-bond donors (Lipinski definition) is 1. The minimum atomic E-state index is -0.664. The summed E-state index contributed by atoms with van der Waals surface area (Å²) in [4.78, 5) is 16.3. The van der Waals surface area contributed by atoms with Gasteiger partial charge in [-0.1, -0.05) is 17.7 Å². The van der Waals surface area contributed by atoms with Crippen molar-refractivity contribution in [3.05, 3.63) is 53.1 Å². The molecule has 1 amide bonds. The molecule has 5 nitrogen and oxygen atoms in total. The van der Waals surface area contributed by atoms with E-state index >= 15 is 0 Å². The predicted molar refractivity (Wildman–Crippen MR) is 77.9 cm³/mol. The molecule has 0 saturated carbocycles. The number of nitrogens with one attached hydrogen (secondary N) is 1. The molecule has 0 aliphatic carbocycles. The molecule has 0 fully saturated rings. The Morgan fingerprint density at radius 2 is 2.19 bits per heavy atom. The Morgan fingerprint density at radius 3 is 3.00 bits per heavy atom.